The number of ether oxygens (including phenoxy) is 1. The molecule has 7 heteroatoms. The maximum absolute atomic E-state index is 13.0. The van der Waals surface area contributed by atoms with E-state index in [1.807, 2.05) is 30.3 Å². The van der Waals surface area contributed by atoms with Gasteiger partial charge in [0.05, 0.1) is 16.7 Å². The van der Waals surface area contributed by atoms with Gasteiger partial charge in [0.15, 0.2) is 5.16 Å². The van der Waals surface area contributed by atoms with E-state index in [0.29, 0.717) is 41.5 Å². The third kappa shape index (κ3) is 5.95. The number of carbonyl (C=O) groups excluding carboxylic acids is 1. The third-order valence-electron chi connectivity index (χ3n) is 5.27. The number of methoxy groups -OCH3 is 1. The van der Waals surface area contributed by atoms with Crippen molar-refractivity contribution in [2.24, 2.45) is 0 Å². The molecule has 0 radical (unpaired) electrons. The standard InChI is InChI=1S/C24H29N3O3S/c1-4-17(2)18-10-12-19(13-11-18)25-22(28)16-31-24-26-21-9-6-5-8-20(21)23(29)27(24)14-7-15-30-3/h5-6,8-13,17H,4,7,14-16H2,1-3H3,(H,25,28). The molecule has 1 unspecified atom stereocenters. The number of aromatic nitrogens is 2. The first-order valence-corrected chi connectivity index (χ1v) is 11.5. The highest BCUT2D eigenvalue weighted by Crippen LogP contribution is 2.22. The van der Waals surface area contributed by atoms with Crippen LogP contribution in [0.1, 0.15) is 38.2 Å². The molecule has 6 nitrogen and oxygen atoms in total. The van der Waals surface area contributed by atoms with Gasteiger partial charge in [-0.15, -0.1) is 0 Å². The zero-order valence-corrected chi connectivity index (χ0v) is 19.1. The number of amides is 1. The maximum Gasteiger partial charge on any atom is 0.262 e. The van der Waals surface area contributed by atoms with E-state index in [1.165, 1.54) is 17.3 Å². The summed E-state index contributed by atoms with van der Waals surface area (Å²) in [6, 6.07) is 15.2. The Morgan fingerprint density at radius 3 is 2.65 bits per heavy atom. The van der Waals surface area contributed by atoms with Gasteiger partial charge in [-0.2, -0.15) is 0 Å². The van der Waals surface area contributed by atoms with Gasteiger partial charge in [0.25, 0.3) is 5.56 Å². The van der Waals surface area contributed by atoms with E-state index >= 15 is 0 Å². The Morgan fingerprint density at radius 2 is 1.94 bits per heavy atom. The average molecular weight is 440 g/mol. The Balaban J connectivity index is 1.72. The molecule has 2 aromatic carbocycles. The monoisotopic (exact) mass is 439 g/mol. The van der Waals surface area contributed by atoms with E-state index in [-0.39, 0.29) is 17.2 Å². The normalized spacial score (nSPS) is 12.1. The van der Waals surface area contributed by atoms with Crippen LogP contribution >= 0.6 is 11.8 Å². The van der Waals surface area contributed by atoms with Crippen molar-refractivity contribution in [3.8, 4) is 0 Å². The predicted octanol–water partition coefficient (Wildman–Crippen LogP) is 4.68. The van der Waals surface area contributed by atoms with Gasteiger partial charge in [0, 0.05) is 25.9 Å². The fourth-order valence-electron chi connectivity index (χ4n) is 3.28. The van der Waals surface area contributed by atoms with Gasteiger partial charge in [0.1, 0.15) is 0 Å². The summed E-state index contributed by atoms with van der Waals surface area (Å²) in [5.41, 5.74) is 2.57. The van der Waals surface area contributed by atoms with E-state index in [9.17, 15) is 9.59 Å². The van der Waals surface area contributed by atoms with Crippen LogP contribution in [-0.2, 0) is 16.1 Å². The Morgan fingerprint density at radius 1 is 1.19 bits per heavy atom. The van der Waals surface area contributed by atoms with Crippen molar-refractivity contribution in [3.63, 3.8) is 0 Å². The molecule has 0 aliphatic rings. The minimum absolute atomic E-state index is 0.0924. The summed E-state index contributed by atoms with van der Waals surface area (Å²) in [6.45, 7) is 5.39. The highest BCUT2D eigenvalue weighted by atomic mass is 32.2. The van der Waals surface area contributed by atoms with E-state index in [1.54, 1.807) is 17.7 Å². The Hall–Kier alpha value is -2.64. The van der Waals surface area contributed by atoms with Gasteiger partial charge < -0.3 is 10.1 Å². The second kappa shape index (κ2) is 11.1. The van der Waals surface area contributed by atoms with Crippen LogP contribution in [0.2, 0.25) is 0 Å². The van der Waals surface area contributed by atoms with E-state index in [0.717, 1.165) is 12.1 Å². The summed E-state index contributed by atoms with van der Waals surface area (Å²) in [7, 11) is 1.64. The molecule has 0 saturated heterocycles. The number of hydrogen-bond acceptors (Lipinski definition) is 5. The lowest BCUT2D eigenvalue weighted by Gasteiger charge is -2.13. The fourth-order valence-corrected chi connectivity index (χ4v) is 4.11. The van der Waals surface area contributed by atoms with Crippen LogP contribution in [0.15, 0.2) is 58.5 Å². The number of thioether (sulfide) groups is 1. The largest absolute Gasteiger partial charge is 0.385 e. The molecule has 1 atom stereocenters. The van der Waals surface area contributed by atoms with Crippen molar-refractivity contribution >= 4 is 34.3 Å². The van der Waals surface area contributed by atoms with Crippen LogP contribution in [0.25, 0.3) is 10.9 Å². The number of nitrogens with one attached hydrogen (secondary N) is 1. The second-order valence-corrected chi connectivity index (χ2v) is 8.43. The molecule has 1 amide bonds. The quantitative estimate of drug-likeness (QED) is 0.282. The van der Waals surface area contributed by atoms with Crippen molar-refractivity contribution in [2.75, 3.05) is 24.8 Å². The number of fused-ring (bicyclic) bond motifs is 1. The molecule has 1 N–H and O–H groups in total. The van der Waals surface area contributed by atoms with Gasteiger partial charge >= 0.3 is 0 Å². The smallest absolute Gasteiger partial charge is 0.262 e. The molecule has 0 aliphatic carbocycles. The molecule has 0 fully saturated rings. The van der Waals surface area contributed by atoms with E-state index in [2.05, 4.69) is 36.3 Å². The van der Waals surface area contributed by atoms with Crippen molar-refractivity contribution in [1.29, 1.82) is 0 Å². The van der Waals surface area contributed by atoms with Gasteiger partial charge in [-0.1, -0.05) is 49.9 Å². The zero-order valence-electron chi connectivity index (χ0n) is 18.3. The van der Waals surface area contributed by atoms with Crippen LogP contribution in [0.4, 0.5) is 5.69 Å². The van der Waals surface area contributed by atoms with Gasteiger partial charge in [-0.3, -0.25) is 14.2 Å². The lowest BCUT2D eigenvalue weighted by Crippen LogP contribution is -2.25. The molecule has 0 bridgehead atoms. The van der Waals surface area contributed by atoms with Crippen LogP contribution in [0, 0.1) is 0 Å². The number of hydrogen-bond donors (Lipinski definition) is 1. The summed E-state index contributed by atoms with van der Waals surface area (Å²) >= 11 is 1.27. The number of nitrogens with zero attached hydrogens (tertiary/aromatic N) is 2. The summed E-state index contributed by atoms with van der Waals surface area (Å²) in [6.07, 6.45) is 1.77. The highest BCUT2D eigenvalue weighted by molar-refractivity contribution is 7.99. The number of benzene rings is 2. The van der Waals surface area contributed by atoms with Crippen LogP contribution < -0.4 is 10.9 Å². The van der Waals surface area contributed by atoms with Crippen LogP contribution in [0.3, 0.4) is 0 Å². The molecule has 164 valence electrons. The first-order chi connectivity index (χ1) is 15.0. The molecular formula is C24H29N3O3S. The molecular weight excluding hydrogens is 410 g/mol. The summed E-state index contributed by atoms with van der Waals surface area (Å²) in [4.78, 5) is 30.1. The first kappa shape index (κ1) is 23.0. The Labute approximate surface area is 187 Å². The highest BCUT2D eigenvalue weighted by Gasteiger charge is 2.13. The maximum atomic E-state index is 13.0. The molecule has 1 heterocycles. The molecule has 3 rings (SSSR count). The Kier molecular flexibility index (Phi) is 8.26. The number of anilines is 1. The summed E-state index contributed by atoms with van der Waals surface area (Å²) in [5.74, 6) is 0.531. The molecule has 31 heavy (non-hydrogen) atoms. The lowest BCUT2D eigenvalue weighted by molar-refractivity contribution is -0.113. The molecule has 1 aromatic heterocycles. The second-order valence-electron chi connectivity index (χ2n) is 7.48. The first-order valence-electron chi connectivity index (χ1n) is 10.5. The molecule has 0 saturated carbocycles. The molecule has 0 spiro atoms. The van der Waals surface area contributed by atoms with Gasteiger partial charge in [-0.05, 0) is 48.6 Å². The predicted molar refractivity (Wildman–Crippen MR) is 127 cm³/mol. The summed E-state index contributed by atoms with van der Waals surface area (Å²) in [5, 5.41) is 4.05. The van der Waals surface area contributed by atoms with Crippen molar-refractivity contribution in [1.82, 2.24) is 9.55 Å². The zero-order chi connectivity index (χ0) is 22.2. The van der Waals surface area contributed by atoms with Gasteiger partial charge in [0.2, 0.25) is 5.91 Å². The van der Waals surface area contributed by atoms with Crippen molar-refractivity contribution in [3.05, 3.63) is 64.4 Å². The number of para-hydroxylation sites is 1. The van der Waals surface area contributed by atoms with Crippen LogP contribution in [-0.4, -0.2) is 34.9 Å². The van der Waals surface area contributed by atoms with E-state index < -0.39 is 0 Å². The minimum atomic E-state index is -0.132. The van der Waals surface area contributed by atoms with Crippen molar-refractivity contribution < 1.29 is 9.53 Å². The number of rotatable bonds is 10. The minimum Gasteiger partial charge on any atom is -0.385 e. The van der Waals surface area contributed by atoms with Crippen molar-refractivity contribution in [2.45, 2.75) is 44.3 Å². The molecule has 0 aliphatic heterocycles. The topological polar surface area (TPSA) is 73.2 Å². The molecule has 3 aromatic rings. The third-order valence-corrected chi connectivity index (χ3v) is 6.24. The lowest BCUT2D eigenvalue weighted by atomic mass is 9.99. The fraction of sp³-hybridized carbons (Fsp3) is 0.375. The van der Waals surface area contributed by atoms with E-state index in [4.69, 9.17) is 4.74 Å². The number of carbonyl (C=O) groups is 1. The average Bonchev–Trinajstić information content (AvgIpc) is 2.79. The van der Waals surface area contributed by atoms with Crippen LogP contribution in [0.5, 0.6) is 0 Å². The Bertz CT molecular complexity index is 1080. The SMILES string of the molecule is CCC(C)c1ccc(NC(=O)CSc2nc3ccccc3c(=O)n2CCCOC)cc1. The van der Waals surface area contributed by atoms with Gasteiger partial charge in [-0.25, -0.2) is 4.98 Å². The summed E-state index contributed by atoms with van der Waals surface area (Å²) < 4.78 is 6.76.